The maximum Gasteiger partial charge on any atom is 0.338 e. The van der Waals surface area contributed by atoms with Gasteiger partial charge in [0.2, 0.25) is 0 Å². The summed E-state index contributed by atoms with van der Waals surface area (Å²) in [6, 6.07) is 17.4. The Bertz CT molecular complexity index is 2820. The van der Waals surface area contributed by atoms with Crippen LogP contribution in [0.2, 0.25) is 54.4 Å². The van der Waals surface area contributed by atoms with Crippen molar-refractivity contribution in [1.29, 1.82) is 0 Å². The van der Waals surface area contributed by atoms with Crippen LogP contribution in [0.1, 0.15) is 167 Å². The van der Waals surface area contributed by atoms with E-state index < -0.39 is 116 Å². The number of rotatable bonds is 14. The Kier molecular flexibility index (Phi) is 23.6. The topological polar surface area (TPSA) is 170 Å². The van der Waals surface area contributed by atoms with Gasteiger partial charge in [0, 0.05) is 45.1 Å². The Morgan fingerprint density at radius 2 is 1.16 bits per heavy atom. The highest BCUT2D eigenvalue weighted by molar-refractivity contribution is 6.75. The molecule has 2 aromatic rings. The number of Topliss-reactive ketones (excluding diaryl/α,β-unsaturated/α-hetero) is 1. The normalized spacial score (nSPS) is 32.9. The van der Waals surface area contributed by atoms with Crippen LogP contribution >= 0.6 is 0 Å². The van der Waals surface area contributed by atoms with E-state index in [2.05, 4.69) is 122 Å². The van der Waals surface area contributed by atoms with Crippen molar-refractivity contribution in [3.05, 3.63) is 108 Å². The molecule has 0 radical (unpaired) electrons. The van der Waals surface area contributed by atoms with E-state index in [1.54, 1.807) is 61.7 Å². The molecule has 10 rings (SSSR count). The Morgan fingerprint density at radius 3 is 1.76 bits per heavy atom. The molecule has 0 amide bonds. The molecule has 17 atom stereocenters. The minimum Gasteiger partial charge on any atom is -0.458 e. The van der Waals surface area contributed by atoms with E-state index in [1.165, 1.54) is 0 Å². The van der Waals surface area contributed by atoms with Gasteiger partial charge < -0.3 is 51.2 Å². The number of ketones is 2. The van der Waals surface area contributed by atoms with Gasteiger partial charge in [-0.1, -0.05) is 125 Å². The standard InChI is InChI=1S/C72H110O15Si3/c1-45-38-53-33-36-57-46(2)39-52(79-57)32-30-50(73)31-35-59(85-88(14,15)70(4,5)6)65-67(87-90(18,19)72(10,11)12)66(86-89(16,17)71(7,8)9)64-58(84-65)37-34-54(81-64)40-51(74)41-56-61(43-60(80-53)47(45)3)83-62(63(56)77-13)42-55(82-69(76)49-28-24-21-25-29-49)44-78-68(75)48-26-22-20-23-27-48/h20-29,31,35,45,52-67H,2-3,30,32-34,36-44H2,1,4-19H3/b35-31+/t45-,52?,53?,54-,55+,56+,57?,58+,59?,60?,61+,62?,63-,64+,65+,66?,67?/m1/s1. The highest BCUT2D eigenvalue weighted by Crippen LogP contribution is 2.49. The van der Waals surface area contributed by atoms with Crippen LogP contribution in [0.25, 0.3) is 0 Å². The summed E-state index contributed by atoms with van der Waals surface area (Å²) < 4.78 is 77.2. The van der Waals surface area contributed by atoms with E-state index in [-0.39, 0.29) is 76.8 Å². The van der Waals surface area contributed by atoms with Gasteiger partial charge >= 0.3 is 11.9 Å². The Labute approximate surface area is 542 Å². The average Bonchev–Trinajstić information content (AvgIpc) is 0.945. The van der Waals surface area contributed by atoms with E-state index in [1.807, 2.05) is 18.2 Å². The van der Waals surface area contributed by atoms with Crippen LogP contribution in [-0.2, 0) is 60.8 Å². The van der Waals surface area contributed by atoms with Crippen LogP contribution in [-0.4, -0.2) is 154 Å². The van der Waals surface area contributed by atoms with Gasteiger partial charge in [-0.2, -0.15) is 0 Å². The van der Waals surface area contributed by atoms with Crippen molar-refractivity contribution in [3.63, 3.8) is 0 Å². The van der Waals surface area contributed by atoms with Gasteiger partial charge in [-0.15, -0.1) is 0 Å². The maximum atomic E-state index is 15.3. The van der Waals surface area contributed by atoms with Gasteiger partial charge in [-0.25, -0.2) is 9.59 Å². The highest BCUT2D eigenvalue weighted by Gasteiger charge is 2.58. The molecule has 8 bridgehead atoms. The van der Waals surface area contributed by atoms with Gasteiger partial charge in [0.1, 0.15) is 42.9 Å². The second-order valence-corrected chi connectivity index (χ2v) is 45.6. The molecule has 0 aliphatic carbocycles. The predicted molar refractivity (Wildman–Crippen MR) is 358 cm³/mol. The maximum absolute atomic E-state index is 15.3. The minimum atomic E-state index is -2.64. The summed E-state index contributed by atoms with van der Waals surface area (Å²) in [5, 5.41) is -0.576. The SMILES string of the molecule is C=C1CC2CCC(=O)/C=C/C(O[Si](C)(C)C(C)(C)C)[C@@H]3O[C@H]4CC[C@H](CC(=O)C[C@H]5[C@H](CC6OC(CCC1O2)C[C@@H](C)C6=C)OC(C[C@@H](COC(=O)c1ccccc1)OC(=O)c1ccccc1)[C@@H]5OC)O[C@@H]4C(O[Si](C)(C)C(C)(C)C)C3O[Si](C)(C)C(C)(C)C. The molecule has 0 spiro atoms. The number of benzene rings is 2. The first-order valence-electron chi connectivity index (χ1n) is 33.5. The molecule has 5 fully saturated rings. The van der Waals surface area contributed by atoms with Crippen molar-refractivity contribution in [2.45, 2.75) is 292 Å². The summed E-state index contributed by atoms with van der Waals surface area (Å²) in [5.41, 5.74) is 2.69. The summed E-state index contributed by atoms with van der Waals surface area (Å²) >= 11 is 0. The van der Waals surface area contributed by atoms with Crippen LogP contribution < -0.4 is 0 Å². The van der Waals surface area contributed by atoms with Crippen molar-refractivity contribution in [2.24, 2.45) is 11.8 Å². The van der Waals surface area contributed by atoms with E-state index >= 15 is 4.79 Å². The molecule has 8 aliphatic rings. The van der Waals surface area contributed by atoms with E-state index in [0.29, 0.717) is 56.1 Å². The zero-order valence-corrected chi connectivity index (χ0v) is 60.5. The number of carbonyl (C=O) groups excluding carboxylic acids is 4. The molecule has 90 heavy (non-hydrogen) atoms. The third-order valence-electron chi connectivity index (χ3n) is 21.5. The first kappa shape index (κ1) is 72.1. The predicted octanol–water partition coefficient (Wildman–Crippen LogP) is 14.8. The van der Waals surface area contributed by atoms with Gasteiger partial charge in [-0.05, 0) is 147 Å². The van der Waals surface area contributed by atoms with Gasteiger partial charge in [0.15, 0.2) is 30.7 Å². The van der Waals surface area contributed by atoms with Gasteiger partial charge in [0.05, 0.1) is 72.2 Å². The van der Waals surface area contributed by atoms with Crippen molar-refractivity contribution in [2.75, 3.05) is 13.7 Å². The van der Waals surface area contributed by atoms with Crippen LogP contribution in [0.3, 0.4) is 0 Å². The number of methoxy groups -OCH3 is 1. The monoisotopic (exact) mass is 1300 g/mol. The third kappa shape index (κ3) is 17.8. The first-order chi connectivity index (χ1) is 42.0. The third-order valence-corrected chi connectivity index (χ3v) is 34.9. The number of allylic oxidation sites excluding steroid dienone is 1. The van der Waals surface area contributed by atoms with Crippen LogP contribution in [0.15, 0.2) is 97.1 Å². The smallest absolute Gasteiger partial charge is 0.338 e. The molecule has 500 valence electrons. The fraction of sp³-hybridized carbons (Fsp3) is 0.694. The summed E-state index contributed by atoms with van der Waals surface area (Å²) in [6.07, 6.45) is 1.38. The van der Waals surface area contributed by atoms with Crippen LogP contribution in [0.5, 0.6) is 0 Å². The fourth-order valence-electron chi connectivity index (χ4n) is 13.0. The number of hydrogen-bond donors (Lipinski definition) is 0. The zero-order valence-electron chi connectivity index (χ0n) is 57.5. The summed E-state index contributed by atoms with van der Waals surface area (Å²) in [6.45, 7) is 44.6. The lowest BCUT2D eigenvalue weighted by molar-refractivity contribution is -0.266. The molecule has 2 aromatic carbocycles. The van der Waals surface area contributed by atoms with Gasteiger partial charge in [0.25, 0.3) is 0 Å². The summed E-state index contributed by atoms with van der Waals surface area (Å²) in [4.78, 5) is 56.9. The second kappa shape index (κ2) is 29.5. The molecule has 18 heteroatoms. The lowest BCUT2D eigenvalue weighted by atomic mass is 9.81. The molecule has 0 aromatic heterocycles. The molecular formula is C72H110O15Si3. The molecule has 5 saturated heterocycles. The van der Waals surface area contributed by atoms with Crippen molar-refractivity contribution < 1.29 is 70.4 Å². The van der Waals surface area contributed by atoms with E-state index in [0.717, 1.165) is 24.0 Å². The summed E-state index contributed by atoms with van der Waals surface area (Å²) in [5.74, 6) is -1.50. The van der Waals surface area contributed by atoms with Gasteiger partial charge in [-0.3, -0.25) is 9.59 Å². The highest BCUT2D eigenvalue weighted by atomic mass is 28.4. The van der Waals surface area contributed by atoms with Crippen LogP contribution in [0.4, 0.5) is 0 Å². The summed E-state index contributed by atoms with van der Waals surface area (Å²) in [7, 11) is -6.21. The van der Waals surface area contributed by atoms with E-state index in [4.69, 9.17) is 51.2 Å². The molecule has 0 N–H and O–H groups in total. The number of ether oxygens (including phenoxy) is 8. The Balaban J connectivity index is 1.17. The van der Waals surface area contributed by atoms with Crippen molar-refractivity contribution >= 4 is 48.5 Å². The lowest BCUT2D eigenvalue weighted by Gasteiger charge is -2.56. The molecule has 8 aliphatic heterocycles. The molecule has 8 unspecified atom stereocenters. The first-order valence-corrected chi connectivity index (χ1v) is 42.2. The molecule has 8 heterocycles. The quantitative estimate of drug-likeness (QED) is 0.0994. The number of carbonyl (C=O) groups is 4. The Hall–Kier alpha value is -3.77. The number of hydrogen-bond acceptors (Lipinski definition) is 15. The van der Waals surface area contributed by atoms with Crippen molar-refractivity contribution in [1.82, 2.24) is 0 Å². The van der Waals surface area contributed by atoms with E-state index in [9.17, 15) is 14.4 Å². The second-order valence-electron chi connectivity index (χ2n) is 31.3. The molecule has 15 nitrogen and oxygen atoms in total. The minimum absolute atomic E-state index is 0.0146. The average molecular weight is 1300 g/mol. The number of esters is 2. The molecule has 0 saturated carbocycles. The largest absolute Gasteiger partial charge is 0.458 e. The zero-order chi connectivity index (χ0) is 65.9. The lowest BCUT2D eigenvalue weighted by Crippen LogP contribution is -2.69. The van der Waals surface area contributed by atoms with Crippen LogP contribution in [0, 0.1) is 11.8 Å². The Morgan fingerprint density at radius 1 is 0.600 bits per heavy atom. The molecular weight excluding hydrogens is 1190 g/mol. The number of fused-ring (bicyclic) bond motifs is 2. The fourth-order valence-corrected chi connectivity index (χ4v) is 16.8. The van der Waals surface area contributed by atoms with Crippen molar-refractivity contribution in [3.8, 4) is 0 Å².